The van der Waals surface area contributed by atoms with E-state index in [1.165, 1.54) is 0 Å². The van der Waals surface area contributed by atoms with Gasteiger partial charge in [-0.15, -0.1) is 0 Å². The molecule has 2 amide bonds. The Hall–Kier alpha value is -2.28. The van der Waals surface area contributed by atoms with E-state index in [2.05, 4.69) is 0 Å². The number of rotatable bonds is 1. The Morgan fingerprint density at radius 1 is 1.22 bits per heavy atom. The minimum atomic E-state index is -0.121. The zero-order valence-electron chi connectivity index (χ0n) is 12.9. The van der Waals surface area contributed by atoms with Crippen molar-refractivity contribution in [3.05, 3.63) is 23.8 Å². The molecule has 3 aliphatic heterocycles. The van der Waals surface area contributed by atoms with Crippen LogP contribution in [0.3, 0.4) is 0 Å². The third-order valence-corrected chi connectivity index (χ3v) is 4.68. The van der Waals surface area contributed by atoms with E-state index in [1.807, 2.05) is 0 Å². The second-order valence-corrected chi connectivity index (χ2v) is 6.01. The highest BCUT2D eigenvalue weighted by atomic mass is 16.7. The Balaban J connectivity index is 1.53. The molecule has 0 aliphatic carbocycles. The van der Waals surface area contributed by atoms with E-state index in [0.29, 0.717) is 43.2 Å². The van der Waals surface area contributed by atoms with Crippen molar-refractivity contribution >= 4 is 11.8 Å². The molecule has 0 unspecified atom stereocenters. The Morgan fingerprint density at radius 3 is 2.91 bits per heavy atom. The quantitative estimate of drug-likeness (QED) is 0.754. The fourth-order valence-corrected chi connectivity index (χ4v) is 3.33. The number of hydrogen-bond donors (Lipinski definition) is 0. The van der Waals surface area contributed by atoms with Gasteiger partial charge in [-0.05, 0) is 18.2 Å². The second-order valence-electron chi connectivity index (χ2n) is 6.01. The first kappa shape index (κ1) is 14.3. The fourth-order valence-electron chi connectivity index (χ4n) is 3.33. The highest BCUT2D eigenvalue weighted by Crippen LogP contribution is 2.33. The van der Waals surface area contributed by atoms with Crippen LogP contribution in [-0.2, 0) is 9.53 Å². The fraction of sp³-hybridized carbons (Fsp3) is 0.500. The summed E-state index contributed by atoms with van der Waals surface area (Å²) in [5.74, 6) is 1.23. The molecule has 2 saturated heterocycles. The minimum Gasteiger partial charge on any atom is -0.454 e. The van der Waals surface area contributed by atoms with Gasteiger partial charge in [-0.1, -0.05) is 0 Å². The average molecular weight is 318 g/mol. The molecule has 0 N–H and O–H groups in total. The normalized spacial score (nSPS) is 26.2. The molecule has 7 heteroatoms. The third kappa shape index (κ3) is 2.41. The van der Waals surface area contributed by atoms with Gasteiger partial charge in [0.15, 0.2) is 11.5 Å². The topological polar surface area (TPSA) is 68.3 Å². The van der Waals surface area contributed by atoms with Gasteiger partial charge in [-0.3, -0.25) is 9.59 Å². The molecule has 122 valence electrons. The molecule has 23 heavy (non-hydrogen) atoms. The third-order valence-electron chi connectivity index (χ3n) is 4.68. The first-order valence-electron chi connectivity index (χ1n) is 7.69. The largest absolute Gasteiger partial charge is 0.454 e. The van der Waals surface area contributed by atoms with E-state index in [0.717, 1.165) is 0 Å². The lowest BCUT2D eigenvalue weighted by Crippen LogP contribution is -2.43. The molecule has 1 aromatic carbocycles. The molecule has 2 atom stereocenters. The number of ether oxygens (including phenoxy) is 3. The molecule has 0 radical (unpaired) electrons. The van der Waals surface area contributed by atoms with Gasteiger partial charge in [0, 0.05) is 25.7 Å². The van der Waals surface area contributed by atoms with Crippen LogP contribution < -0.4 is 9.47 Å². The lowest BCUT2D eigenvalue weighted by molar-refractivity contribution is -0.131. The molecule has 3 heterocycles. The van der Waals surface area contributed by atoms with Crippen LogP contribution in [-0.4, -0.2) is 67.3 Å². The van der Waals surface area contributed by atoms with Crippen molar-refractivity contribution in [3.8, 4) is 11.5 Å². The number of fused-ring (bicyclic) bond motifs is 2. The Bertz CT molecular complexity index is 662. The monoisotopic (exact) mass is 318 g/mol. The predicted molar refractivity (Wildman–Crippen MR) is 79.4 cm³/mol. The standard InChI is InChI=1S/C16H18N2O5/c1-17-11-7-18(8-14(11)21-5-4-15(17)19)16(20)10-2-3-12-13(6-10)23-9-22-12/h2-3,6,11,14H,4-5,7-9H2,1H3/t11-,14-/m0/s1. The van der Waals surface area contributed by atoms with Gasteiger partial charge in [-0.25, -0.2) is 0 Å². The average Bonchev–Trinajstić information content (AvgIpc) is 3.16. The number of likely N-dealkylation sites (N-methyl/N-ethyl adjacent to an activating group) is 1. The van der Waals surface area contributed by atoms with Crippen molar-refractivity contribution < 1.29 is 23.8 Å². The van der Waals surface area contributed by atoms with Crippen LogP contribution >= 0.6 is 0 Å². The summed E-state index contributed by atoms with van der Waals surface area (Å²) in [6, 6.07) is 5.10. The van der Waals surface area contributed by atoms with Gasteiger partial charge in [0.1, 0.15) is 0 Å². The van der Waals surface area contributed by atoms with Crippen LogP contribution in [0.1, 0.15) is 16.8 Å². The van der Waals surface area contributed by atoms with Gasteiger partial charge in [0.25, 0.3) is 5.91 Å². The minimum absolute atomic E-state index is 0.0647. The van der Waals surface area contributed by atoms with Crippen molar-refractivity contribution in [2.75, 3.05) is 33.5 Å². The number of carbonyl (C=O) groups is 2. The number of likely N-dealkylation sites (tertiary alicyclic amines) is 1. The maximum absolute atomic E-state index is 12.7. The number of amides is 2. The van der Waals surface area contributed by atoms with E-state index >= 15 is 0 Å². The molecule has 7 nitrogen and oxygen atoms in total. The van der Waals surface area contributed by atoms with Crippen molar-refractivity contribution in [2.45, 2.75) is 18.6 Å². The molecule has 4 rings (SSSR count). The Labute approximate surface area is 133 Å². The first-order valence-corrected chi connectivity index (χ1v) is 7.69. The van der Waals surface area contributed by atoms with Gasteiger partial charge in [0.2, 0.25) is 12.7 Å². The Kier molecular flexibility index (Phi) is 3.37. The lowest BCUT2D eigenvalue weighted by Gasteiger charge is -2.25. The summed E-state index contributed by atoms with van der Waals surface area (Å²) in [7, 11) is 1.78. The number of carbonyl (C=O) groups excluding carboxylic acids is 2. The predicted octanol–water partition coefficient (Wildman–Crippen LogP) is 0.487. The number of hydrogen-bond acceptors (Lipinski definition) is 5. The van der Waals surface area contributed by atoms with E-state index < -0.39 is 0 Å². The number of nitrogens with zero attached hydrogens (tertiary/aromatic N) is 2. The maximum Gasteiger partial charge on any atom is 0.254 e. The molecular formula is C16H18N2O5. The van der Waals surface area contributed by atoms with E-state index in [1.54, 1.807) is 35.0 Å². The molecular weight excluding hydrogens is 300 g/mol. The lowest BCUT2D eigenvalue weighted by atomic mass is 10.2. The van der Waals surface area contributed by atoms with E-state index in [4.69, 9.17) is 14.2 Å². The molecule has 3 aliphatic rings. The molecule has 2 fully saturated rings. The molecule has 0 spiro atoms. The summed E-state index contributed by atoms with van der Waals surface area (Å²) in [5.41, 5.74) is 0.555. The zero-order valence-corrected chi connectivity index (χ0v) is 12.9. The summed E-state index contributed by atoms with van der Waals surface area (Å²) in [4.78, 5) is 28.1. The van der Waals surface area contributed by atoms with Gasteiger partial charge < -0.3 is 24.0 Å². The molecule has 0 saturated carbocycles. The summed E-state index contributed by atoms with van der Waals surface area (Å²) < 4.78 is 16.3. The summed E-state index contributed by atoms with van der Waals surface area (Å²) in [6.07, 6.45) is 0.281. The smallest absolute Gasteiger partial charge is 0.254 e. The Morgan fingerprint density at radius 2 is 2.04 bits per heavy atom. The van der Waals surface area contributed by atoms with E-state index in [-0.39, 0.29) is 30.8 Å². The van der Waals surface area contributed by atoms with Crippen molar-refractivity contribution in [1.29, 1.82) is 0 Å². The maximum atomic E-state index is 12.7. The van der Waals surface area contributed by atoms with Crippen molar-refractivity contribution in [1.82, 2.24) is 9.80 Å². The van der Waals surface area contributed by atoms with Crippen LogP contribution in [0.2, 0.25) is 0 Å². The molecule has 0 aromatic heterocycles. The van der Waals surface area contributed by atoms with Crippen LogP contribution in [0.4, 0.5) is 0 Å². The van der Waals surface area contributed by atoms with Crippen molar-refractivity contribution in [3.63, 3.8) is 0 Å². The summed E-state index contributed by atoms with van der Waals surface area (Å²) in [5, 5.41) is 0. The molecule has 0 bridgehead atoms. The van der Waals surface area contributed by atoms with Crippen LogP contribution in [0.25, 0.3) is 0 Å². The highest BCUT2D eigenvalue weighted by Gasteiger charge is 2.41. The van der Waals surface area contributed by atoms with Gasteiger partial charge >= 0.3 is 0 Å². The highest BCUT2D eigenvalue weighted by molar-refractivity contribution is 5.95. The summed E-state index contributed by atoms with van der Waals surface area (Å²) >= 11 is 0. The van der Waals surface area contributed by atoms with Gasteiger partial charge in [0.05, 0.1) is 25.2 Å². The van der Waals surface area contributed by atoms with E-state index in [9.17, 15) is 9.59 Å². The van der Waals surface area contributed by atoms with Crippen molar-refractivity contribution in [2.24, 2.45) is 0 Å². The number of benzene rings is 1. The van der Waals surface area contributed by atoms with Crippen LogP contribution in [0.15, 0.2) is 18.2 Å². The second kappa shape index (κ2) is 5.42. The zero-order chi connectivity index (χ0) is 16.0. The van der Waals surface area contributed by atoms with Crippen LogP contribution in [0.5, 0.6) is 11.5 Å². The SMILES string of the molecule is CN1C(=O)CCO[C@H]2CN(C(=O)c3ccc4c(c3)OCO4)C[C@@H]21. The first-order chi connectivity index (χ1) is 11.1. The summed E-state index contributed by atoms with van der Waals surface area (Å²) in [6.45, 7) is 1.58. The van der Waals surface area contributed by atoms with Crippen LogP contribution in [0, 0.1) is 0 Å². The molecule has 1 aromatic rings. The van der Waals surface area contributed by atoms with Gasteiger partial charge in [-0.2, -0.15) is 0 Å².